The van der Waals surface area contributed by atoms with Crippen molar-refractivity contribution >= 4 is 6.29 Å². The second-order valence-corrected chi connectivity index (χ2v) is 2.90. The molecule has 52 valence electrons. The van der Waals surface area contributed by atoms with Crippen LogP contribution in [0.4, 0.5) is 0 Å². The molecule has 1 aliphatic rings. The van der Waals surface area contributed by atoms with Crippen LogP contribution in [0.5, 0.6) is 0 Å². The molecule has 1 saturated carbocycles. The summed E-state index contributed by atoms with van der Waals surface area (Å²) in [6, 6.07) is 0. The smallest absolute Gasteiger partial charge is 0.123 e. The van der Waals surface area contributed by atoms with E-state index in [-0.39, 0.29) is 0 Å². The van der Waals surface area contributed by atoms with Gasteiger partial charge in [-0.05, 0) is 18.8 Å². The Morgan fingerprint density at radius 1 is 1.56 bits per heavy atom. The molecule has 0 radical (unpaired) electrons. The number of hydrogen-bond acceptors (Lipinski definition) is 1. The Bertz CT molecular complexity index is 98.7. The van der Waals surface area contributed by atoms with Crippen molar-refractivity contribution in [2.24, 2.45) is 11.8 Å². The predicted octanol–water partition coefficient (Wildman–Crippen LogP) is 2.01. The second-order valence-electron chi connectivity index (χ2n) is 2.90. The summed E-state index contributed by atoms with van der Waals surface area (Å²) < 4.78 is 0. The number of aldehydes is 1. The van der Waals surface area contributed by atoms with E-state index in [1.54, 1.807) is 0 Å². The van der Waals surface area contributed by atoms with Gasteiger partial charge in [0.15, 0.2) is 0 Å². The van der Waals surface area contributed by atoms with Gasteiger partial charge in [-0.2, -0.15) is 0 Å². The van der Waals surface area contributed by atoms with Crippen LogP contribution in [0.2, 0.25) is 0 Å². The van der Waals surface area contributed by atoms with Crippen LogP contribution in [0.25, 0.3) is 0 Å². The first-order chi connectivity index (χ1) is 4.38. The fourth-order valence-electron chi connectivity index (χ4n) is 1.75. The summed E-state index contributed by atoms with van der Waals surface area (Å²) in [5.41, 5.74) is 0. The molecule has 0 N–H and O–H groups in total. The lowest BCUT2D eigenvalue weighted by Crippen LogP contribution is -2.06. The second kappa shape index (κ2) is 3.00. The normalized spacial score (nSPS) is 34.8. The van der Waals surface area contributed by atoms with Crippen molar-refractivity contribution in [1.82, 2.24) is 0 Å². The van der Waals surface area contributed by atoms with Gasteiger partial charge in [0.25, 0.3) is 0 Å². The lowest BCUT2D eigenvalue weighted by molar-refractivity contribution is -0.112. The Kier molecular flexibility index (Phi) is 2.26. The molecule has 1 fully saturated rings. The maximum Gasteiger partial charge on any atom is 0.123 e. The molecule has 0 saturated heterocycles. The molecule has 0 heterocycles. The van der Waals surface area contributed by atoms with E-state index < -0.39 is 0 Å². The van der Waals surface area contributed by atoms with Gasteiger partial charge in [0.05, 0.1) is 0 Å². The van der Waals surface area contributed by atoms with E-state index in [9.17, 15) is 4.79 Å². The summed E-state index contributed by atoms with van der Waals surface area (Å²) in [5.74, 6) is 1.11. The fraction of sp³-hybridized carbons (Fsp3) is 0.875. The van der Waals surface area contributed by atoms with E-state index in [4.69, 9.17) is 0 Å². The molecule has 0 aliphatic heterocycles. The first-order valence-corrected chi connectivity index (χ1v) is 3.83. The molecule has 0 amide bonds. The number of rotatable bonds is 2. The minimum absolute atomic E-state index is 0.398. The Balaban J connectivity index is 2.41. The first-order valence-electron chi connectivity index (χ1n) is 3.83. The van der Waals surface area contributed by atoms with Crippen LogP contribution in [0.15, 0.2) is 0 Å². The molecule has 2 atom stereocenters. The number of carbonyl (C=O) groups is 1. The van der Waals surface area contributed by atoms with E-state index in [1.165, 1.54) is 19.3 Å². The standard InChI is InChI=1S/C8H14O/c1-2-7-4-3-5-8(7)6-9/h6-8H,2-5H2,1H3. The minimum atomic E-state index is 0.398. The number of carbonyl (C=O) groups excluding carboxylic acids is 1. The molecule has 0 bridgehead atoms. The highest BCUT2D eigenvalue weighted by atomic mass is 16.1. The lowest BCUT2D eigenvalue weighted by Gasteiger charge is -2.09. The summed E-state index contributed by atoms with van der Waals surface area (Å²) in [6.07, 6.45) is 6.01. The van der Waals surface area contributed by atoms with Gasteiger partial charge in [0, 0.05) is 5.92 Å². The van der Waals surface area contributed by atoms with E-state index in [0.29, 0.717) is 11.8 Å². The first kappa shape index (κ1) is 6.79. The van der Waals surface area contributed by atoms with Gasteiger partial charge in [-0.3, -0.25) is 0 Å². The summed E-state index contributed by atoms with van der Waals surface area (Å²) in [5, 5.41) is 0. The highest BCUT2D eigenvalue weighted by molar-refractivity contribution is 5.54. The van der Waals surface area contributed by atoms with Crippen LogP contribution >= 0.6 is 0 Å². The molecule has 0 spiro atoms. The highest BCUT2D eigenvalue weighted by Crippen LogP contribution is 2.31. The molecular weight excluding hydrogens is 112 g/mol. The SMILES string of the molecule is CCC1CCCC1C=O. The van der Waals surface area contributed by atoms with Gasteiger partial charge >= 0.3 is 0 Å². The molecular formula is C8H14O. The Hall–Kier alpha value is -0.330. The lowest BCUT2D eigenvalue weighted by atomic mass is 9.95. The average molecular weight is 126 g/mol. The quantitative estimate of drug-likeness (QED) is 0.517. The summed E-state index contributed by atoms with van der Waals surface area (Å²) in [4.78, 5) is 10.4. The van der Waals surface area contributed by atoms with Crippen molar-refractivity contribution in [3.05, 3.63) is 0 Å². The molecule has 2 unspecified atom stereocenters. The minimum Gasteiger partial charge on any atom is -0.303 e. The molecule has 9 heavy (non-hydrogen) atoms. The largest absolute Gasteiger partial charge is 0.303 e. The van der Waals surface area contributed by atoms with Crippen molar-refractivity contribution in [3.8, 4) is 0 Å². The average Bonchev–Trinajstić information content (AvgIpc) is 2.33. The third-order valence-corrected chi connectivity index (χ3v) is 2.42. The van der Waals surface area contributed by atoms with E-state index in [2.05, 4.69) is 6.92 Å². The van der Waals surface area contributed by atoms with Crippen molar-refractivity contribution < 1.29 is 4.79 Å². The predicted molar refractivity (Wildman–Crippen MR) is 37.2 cm³/mol. The zero-order valence-electron chi connectivity index (χ0n) is 5.97. The van der Waals surface area contributed by atoms with Crippen LogP contribution in [0.1, 0.15) is 32.6 Å². The summed E-state index contributed by atoms with van der Waals surface area (Å²) in [7, 11) is 0. The van der Waals surface area contributed by atoms with Gasteiger partial charge in [-0.15, -0.1) is 0 Å². The highest BCUT2D eigenvalue weighted by Gasteiger charge is 2.24. The Morgan fingerprint density at radius 3 is 2.78 bits per heavy atom. The molecule has 0 aromatic carbocycles. The summed E-state index contributed by atoms with van der Waals surface area (Å²) in [6.45, 7) is 2.17. The van der Waals surface area contributed by atoms with Crippen LogP contribution in [-0.4, -0.2) is 6.29 Å². The maximum absolute atomic E-state index is 10.4. The Morgan fingerprint density at radius 2 is 2.33 bits per heavy atom. The number of hydrogen-bond donors (Lipinski definition) is 0. The zero-order valence-corrected chi connectivity index (χ0v) is 5.97. The Labute approximate surface area is 56.4 Å². The van der Waals surface area contributed by atoms with Gasteiger partial charge in [0.1, 0.15) is 6.29 Å². The zero-order chi connectivity index (χ0) is 6.69. The van der Waals surface area contributed by atoms with Crippen molar-refractivity contribution in [2.45, 2.75) is 32.6 Å². The van der Waals surface area contributed by atoms with Gasteiger partial charge < -0.3 is 4.79 Å². The topological polar surface area (TPSA) is 17.1 Å². The fourth-order valence-corrected chi connectivity index (χ4v) is 1.75. The van der Waals surface area contributed by atoms with Crippen LogP contribution < -0.4 is 0 Å². The van der Waals surface area contributed by atoms with Crippen molar-refractivity contribution in [3.63, 3.8) is 0 Å². The van der Waals surface area contributed by atoms with Crippen LogP contribution in [-0.2, 0) is 4.79 Å². The van der Waals surface area contributed by atoms with Crippen molar-refractivity contribution in [2.75, 3.05) is 0 Å². The third-order valence-electron chi connectivity index (χ3n) is 2.42. The monoisotopic (exact) mass is 126 g/mol. The van der Waals surface area contributed by atoms with E-state index in [0.717, 1.165) is 12.7 Å². The van der Waals surface area contributed by atoms with E-state index in [1.807, 2.05) is 0 Å². The molecule has 1 nitrogen and oxygen atoms in total. The third kappa shape index (κ3) is 1.32. The van der Waals surface area contributed by atoms with Gasteiger partial charge in [-0.25, -0.2) is 0 Å². The molecule has 1 rings (SSSR count). The van der Waals surface area contributed by atoms with Crippen molar-refractivity contribution in [1.29, 1.82) is 0 Å². The molecule has 1 aliphatic carbocycles. The van der Waals surface area contributed by atoms with Gasteiger partial charge in [-0.1, -0.05) is 19.8 Å². The maximum atomic E-state index is 10.4. The van der Waals surface area contributed by atoms with Gasteiger partial charge in [0.2, 0.25) is 0 Å². The molecule has 0 aromatic heterocycles. The molecule has 1 heteroatoms. The molecule has 0 aromatic rings. The van der Waals surface area contributed by atoms with Crippen LogP contribution in [0.3, 0.4) is 0 Å². The summed E-state index contributed by atoms with van der Waals surface area (Å²) >= 11 is 0. The van der Waals surface area contributed by atoms with E-state index >= 15 is 0 Å². The van der Waals surface area contributed by atoms with Crippen LogP contribution in [0, 0.1) is 11.8 Å².